The number of aromatic nitrogens is 8. The molecule has 6 rings (SSSR count). The van der Waals surface area contributed by atoms with Crippen molar-refractivity contribution in [2.75, 3.05) is 6.61 Å². The van der Waals surface area contributed by atoms with Crippen LogP contribution in [0.5, 0.6) is 0 Å². The molecule has 0 bridgehead atoms. The van der Waals surface area contributed by atoms with Gasteiger partial charge in [-0.1, -0.05) is 47.5 Å². The Morgan fingerprint density at radius 3 is 1.20 bits per heavy atom. The molecule has 0 atom stereocenters. The fourth-order valence-electron chi connectivity index (χ4n) is 6.63. The van der Waals surface area contributed by atoms with E-state index < -0.39 is 64.8 Å². The van der Waals surface area contributed by atoms with Gasteiger partial charge in [0.1, 0.15) is 0 Å². The number of halogens is 16. The van der Waals surface area contributed by atoms with Gasteiger partial charge in [0.2, 0.25) is 0 Å². The van der Waals surface area contributed by atoms with E-state index in [1.54, 1.807) is 6.92 Å². The van der Waals surface area contributed by atoms with Crippen LogP contribution in [0.4, 0.5) is 61.5 Å². The Morgan fingerprint density at radius 1 is 0.586 bits per heavy atom. The first-order valence-corrected chi connectivity index (χ1v) is 19.4. The standard InChI is InChI=1S/C21H16ClF7N4O2.C19H12ClF7N4O2.Li.H2O/c1-4-35-18(34)15-14(22)8-30-17(32-15)12-7-31-33(9-12)16-10(2)5-13(6-11(16)3)19(23,20(24,25)26)21(27,28)29;1-8-3-11(17(21,18(22,23)24)19(25,26)27)4-9(2)14(8)31-7-10(5-29-31)15-28-6-12(20)13(30-15)16(32)33;;/h5-9H,4H2,1-3H3;3-7H,1-2H3,(H,32,33);;1H2/q;;+1;/p-1. The summed E-state index contributed by atoms with van der Waals surface area (Å²) in [4.78, 5) is 38.9. The number of nitrogens with zero attached hydrogens (tertiary/aromatic N) is 8. The van der Waals surface area contributed by atoms with Crippen molar-refractivity contribution in [1.82, 2.24) is 39.5 Å². The molecule has 0 aliphatic heterocycles. The van der Waals surface area contributed by atoms with Crippen LogP contribution in [0.1, 0.15) is 61.3 Å². The van der Waals surface area contributed by atoms with E-state index in [0.717, 1.165) is 21.8 Å². The molecule has 70 heavy (non-hydrogen) atoms. The van der Waals surface area contributed by atoms with Gasteiger partial charge in [-0.25, -0.2) is 47.7 Å². The molecule has 0 aliphatic rings. The van der Waals surface area contributed by atoms with Crippen molar-refractivity contribution in [3.63, 3.8) is 0 Å². The Labute approximate surface area is 406 Å². The number of esters is 1. The average Bonchev–Trinajstić information content (AvgIpc) is 3.90. The summed E-state index contributed by atoms with van der Waals surface area (Å²) in [7, 11) is 0. The molecule has 2 N–H and O–H groups in total. The van der Waals surface area contributed by atoms with Crippen molar-refractivity contribution >= 4 is 35.1 Å². The fraction of sp³-hybridized carbons (Fsp3) is 0.300. The molecule has 4 aromatic heterocycles. The average molecular weight is 1050 g/mol. The van der Waals surface area contributed by atoms with E-state index in [-0.39, 0.29) is 103 Å². The third kappa shape index (κ3) is 11.0. The van der Waals surface area contributed by atoms with Crippen LogP contribution in [0.15, 0.2) is 61.4 Å². The Kier molecular flexibility index (Phi) is 17.4. The maximum absolute atomic E-state index is 14.5. The molecule has 6 aromatic rings. The molecule has 0 saturated carbocycles. The molecule has 0 unspecified atom stereocenters. The zero-order chi connectivity index (χ0) is 51.3. The Morgan fingerprint density at radius 2 is 0.900 bits per heavy atom. The molecule has 13 nitrogen and oxygen atoms in total. The van der Waals surface area contributed by atoms with Crippen LogP contribution in [0.2, 0.25) is 10.0 Å². The largest absolute Gasteiger partial charge is 1.00 e. The van der Waals surface area contributed by atoms with E-state index in [0.29, 0.717) is 24.3 Å². The van der Waals surface area contributed by atoms with Crippen molar-refractivity contribution in [2.45, 2.75) is 70.7 Å². The summed E-state index contributed by atoms with van der Waals surface area (Å²) in [6, 6.07) is 1.85. The topological polar surface area (TPSA) is 181 Å². The minimum absolute atomic E-state index is 0. The van der Waals surface area contributed by atoms with Gasteiger partial charge in [0.05, 0.1) is 63.9 Å². The van der Waals surface area contributed by atoms with E-state index in [9.17, 15) is 71.1 Å². The number of hydrogen-bond acceptors (Lipinski definition) is 10. The summed E-state index contributed by atoms with van der Waals surface area (Å²) < 4.78 is 194. The van der Waals surface area contributed by atoms with E-state index >= 15 is 0 Å². The Bertz CT molecular complexity index is 2830. The summed E-state index contributed by atoms with van der Waals surface area (Å²) in [5, 5.41) is 16.9. The van der Waals surface area contributed by atoms with Crippen molar-refractivity contribution < 1.29 is 105 Å². The third-order valence-corrected chi connectivity index (χ3v) is 10.2. The monoisotopic (exact) mass is 1040 g/mol. The minimum atomic E-state index is -6.24. The van der Waals surface area contributed by atoms with Gasteiger partial charge in [-0.05, 0) is 56.9 Å². The van der Waals surface area contributed by atoms with Crippen LogP contribution in [-0.2, 0) is 16.1 Å². The molecular weight excluding hydrogens is 1020 g/mol. The number of hydrogen-bond donors (Lipinski definition) is 1. The summed E-state index contributed by atoms with van der Waals surface area (Å²) in [6.07, 6.45) is -17.7. The summed E-state index contributed by atoms with van der Waals surface area (Å²) in [5.74, 6) is -2.29. The zero-order valence-corrected chi connectivity index (χ0v) is 37.7. The number of carbonyl (C=O) groups excluding carboxylic acids is 1. The molecule has 4 heterocycles. The van der Waals surface area contributed by atoms with E-state index in [1.807, 2.05) is 0 Å². The number of carbonyl (C=O) groups is 2. The van der Waals surface area contributed by atoms with Gasteiger partial charge >= 0.3 is 66.8 Å². The minimum Gasteiger partial charge on any atom is -0.870 e. The summed E-state index contributed by atoms with van der Waals surface area (Å²) >= 11 is 11.7. The molecule has 0 saturated heterocycles. The van der Waals surface area contributed by atoms with E-state index in [1.165, 1.54) is 52.5 Å². The second kappa shape index (κ2) is 20.8. The van der Waals surface area contributed by atoms with Crippen LogP contribution in [0, 0.1) is 27.7 Å². The molecule has 0 radical (unpaired) electrons. The number of carboxylic acid groups (broad SMARTS) is 1. The van der Waals surface area contributed by atoms with Crippen LogP contribution in [0.25, 0.3) is 34.2 Å². The third-order valence-electron chi connectivity index (χ3n) is 9.64. The SMILES string of the molecule is CCOC(=O)c1nc(-c2cnn(-c3c(C)cc(C(F)(C(F)(F)F)C(F)(F)F)cc3C)c2)ncc1Cl.Cc1cc(C(F)(C(F)(F)F)C(F)(F)F)cc(C)c1-n1cc(-c2ncc(Cl)c(C(=O)O)n2)cn1.[Li+].[OH-]. The van der Waals surface area contributed by atoms with Gasteiger partial charge in [0.15, 0.2) is 23.0 Å². The number of benzene rings is 2. The Hall–Kier alpha value is -5.88. The van der Waals surface area contributed by atoms with Crippen LogP contribution in [-0.4, -0.2) is 93.3 Å². The molecular formula is C40H29Cl2F14LiN8O5. The maximum Gasteiger partial charge on any atom is 1.00 e. The molecule has 2 aromatic carbocycles. The van der Waals surface area contributed by atoms with Gasteiger partial charge < -0.3 is 15.3 Å². The predicted octanol–water partition coefficient (Wildman–Crippen LogP) is 8.48. The number of ether oxygens (including phenoxy) is 1. The molecule has 372 valence electrons. The second-order valence-corrected chi connectivity index (χ2v) is 15.2. The van der Waals surface area contributed by atoms with Gasteiger partial charge in [-0.15, -0.1) is 0 Å². The number of aryl methyl sites for hydroxylation is 4. The van der Waals surface area contributed by atoms with Crippen LogP contribution in [0.3, 0.4) is 0 Å². The quantitative estimate of drug-likeness (QED) is 0.0834. The van der Waals surface area contributed by atoms with E-state index in [2.05, 4.69) is 30.1 Å². The first kappa shape index (κ1) is 58.4. The normalized spacial score (nSPS) is 12.4. The predicted molar refractivity (Wildman–Crippen MR) is 213 cm³/mol. The van der Waals surface area contributed by atoms with Gasteiger partial charge in [0, 0.05) is 23.5 Å². The smallest absolute Gasteiger partial charge is 0.870 e. The molecule has 0 fully saturated rings. The summed E-state index contributed by atoms with van der Waals surface area (Å²) in [5.41, 5.74) is -14.8. The number of rotatable bonds is 9. The number of aromatic carboxylic acids is 1. The first-order valence-electron chi connectivity index (χ1n) is 18.6. The number of alkyl halides is 14. The summed E-state index contributed by atoms with van der Waals surface area (Å²) in [6.45, 7) is 6.49. The van der Waals surface area contributed by atoms with Gasteiger partial charge in [0.25, 0.3) is 0 Å². The Balaban J connectivity index is 0.000000361. The van der Waals surface area contributed by atoms with Gasteiger partial charge in [-0.3, -0.25) is 0 Å². The molecule has 30 heteroatoms. The molecule has 0 amide bonds. The fourth-order valence-corrected chi connectivity index (χ4v) is 6.97. The molecule has 0 aliphatic carbocycles. The maximum atomic E-state index is 14.5. The number of carboxylic acids is 1. The van der Waals surface area contributed by atoms with Crippen LogP contribution < -0.4 is 18.9 Å². The zero-order valence-electron chi connectivity index (χ0n) is 36.2. The van der Waals surface area contributed by atoms with Gasteiger partial charge in [-0.2, -0.15) is 62.9 Å². The van der Waals surface area contributed by atoms with Crippen molar-refractivity contribution in [3.05, 3.63) is 116 Å². The first-order chi connectivity index (χ1) is 31.2. The van der Waals surface area contributed by atoms with Crippen molar-refractivity contribution in [3.8, 4) is 34.2 Å². The van der Waals surface area contributed by atoms with Crippen molar-refractivity contribution in [1.29, 1.82) is 0 Å². The molecule has 0 spiro atoms. The van der Waals surface area contributed by atoms with Crippen molar-refractivity contribution in [2.24, 2.45) is 0 Å². The van der Waals surface area contributed by atoms with E-state index in [4.69, 9.17) is 33.0 Å². The second-order valence-electron chi connectivity index (χ2n) is 14.4. The van der Waals surface area contributed by atoms with Crippen LogP contribution >= 0.6 is 23.2 Å².